The first-order valence-electron chi connectivity index (χ1n) is 5.57. The Balaban J connectivity index is 3.18. The van der Waals surface area contributed by atoms with Crippen molar-refractivity contribution in [1.29, 1.82) is 0 Å². The smallest absolute Gasteiger partial charge is 0.402 e. The molecule has 0 fully saturated rings. The van der Waals surface area contributed by atoms with Gasteiger partial charge in [-0.15, -0.1) is 0 Å². The first-order valence-corrected chi connectivity index (χ1v) is 7.81. The Bertz CT molecular complexity index is 555. The average molecular weight is 380 g/mol. The maximum Gasteiger partial charge on any atom is 0.402 e. The first-order chi connectivity index (χ1) is 9.11. The molecule has 1 aromatic heterocycles. The van der Waals surface area contributed by atoms with Crippen LogP contribution in [-0.4, -0.2) is 37.1 Å². The highest BCUT2D eigenvalue weighted by atomic mass is 79.9. The summed E-state index contributed by atoms with van der Waals surface area (Å²) in [5.74, 6) is -0.0566. The zero-order valence-electron chi connectivity index (χ0n) is 10.4. The molecule has 1 heterocycles. The van der Waals surface area contributed by atoms with Gasteiger partial charge in [0.1, 0.15) is 23.8 Å². The summed E-state index contributed by atoms with van der Waals surface area (Å²) >= 11 is 2.83. The molecule has 0 aliphatic carbocycles. The molecular formula is C10H13BrF3NO4S. The van der Waals surface area contributed by atoms with Gasteiger partial charge in [0.2, 0.25) is 10.0 Å². The van der Waals surface area contributed by atoms with Gasteiger partial charge >= 0.3 is 6.18 Å². The number of furan rings is 1. The molecule has 1 aromatic rings. The molecule has 0 bridgehead atoms. The minimum atomic E-state index is -4.64. The van der Waals surface area contributed by atoms with Crippen LogP contribution in [0.4, 0.5) is 13.2 Å². The van der Waals surface area contributed by atoms with Gasteiger partial charge < -0.3 is 9.52 Å². The molecule has 0 aliphatic heterocycles. The predicted octanol–water partition coefficient (Wildman–Crippen LogP) is 2.50. The number of aliphatic hydroxyl groups is 1. The molecule has 0 amide bonds. The lowest BCUT2D eigenvalue weighted by Gasteiger charge is -2.22. The van der Waals surface area contributed by atoms with Gasteiger partial charge in [-0.05, 0) is 22.4 Å². The van der Waals surface area contributed by atoms with Crippen LogP contribution in [0.2, 0.25) is 0 Å². The van der Waals surface area contributed by atoms with E-state index in [1.807, 2.05) is 0 Å². The second-order valence-corrected chi connectivity index (χ2v) is 6.59. The number of hydrogen-bond acceptors (Lipinski definition) is 4. The van der Waals surface area contributed by atoms with Gasteiger partial charge in [-0.1, -0.05) is 6.92 Å². The lowest BCUT2D eigenvalue weighted by molar-refractivity contribution is -0.136. The first kappa shape index (κ1) is 17.5. The Kier molecular flexibility index (Phi) is 5.64. The van der Waals surface area contributed by atoms with Crippen molar-refractivity contribution in [2.75, 3.05) is 13.1 Å². The second kappa shape index (κ2) is 6.46. The van der Waals surface area contributed by atoms with Gasteiger partial charge in [-0.25, -0.2) is 8.42 Å². The molecule has 0 saturated carbocycles. The maximum atomic E-state index is 12.5. The Hall–Kier alpha value is -0.580. The third kappa shape index (κ3) is 4.21. The second-order valence-electron chi connectivity index (χ2n) is 3.96. The third-order valence-corrected chi connectivity index (χ3v) is 5.01. The summed E-state index contributed by atoms with van der Waals surface area (Å²) in [6, 6.07) is 0.998. The quantitative estimate of drug-likeness (QED) is 0.824. The van der Waals surface area contributed by atoms with Crippen molar-refractivity contribution in [2.24, 2.45) is 0 Å². The van der Waals surface area contributed by atoms with Crippen LogP contribution in [-0.2, 0) is 16.6 Å². The van der Waals surface area contributed by atoms with E-state index in [0.29, 0.717) is 4.31 Å². The lowest BCUT2D eigenvalue weighted by Crippen LogP contribution is -2.39. The number of rotatable bonds is 6. The van der Waals surface area contributed by atoms with E-state index in [4.69, 9.17) is 9.52 Å². The SMILES string of the molecule is CCCN(CC(F)(F)F)S(=O)(=O)c1cc(CO)oc1Br. The molecule has 0 aromatic carbocycles. The van der Waals surface area contributed by atoms with E-state index in [1.165, 1.54) is 0 Å². The predicted molar refractivity (Wildman–Crippen MR) is 67.4 cm³/mol. The number of nitrogens with zero attached hydrogens (tertiary/aromatic N) is 1. The van der Waals surface area contributed by atoms with Gasteiger partial charge in [-0.3, -0.25) is 0 Å². The molecule has 5 nitrogen and oxygen atoms in total. The number of alkyl halides is 3. The van der Waals surface area contributed by atoms with Crippen molar-refractivity contribution < 1.29 is 31.1 Å². The van der Waals surface area contributed by atoms with Crippen molar-refractivity contribution in [3.8, 4) is 0 Å². The lowest BCUT2D eigenvalue weighted by atomic mass is 10.5. The number of halogens is 4. The molecule has 20 heavy (non-hydrogen) atoms. The Morgan fingerprint density at radius 2 is 2.05 bits per heavy atom. The van der Waals surface area contributed by atoms with Gasteiger partial charge in [0.05, 0.1) is 0 Å². The van der Waals surface area contributed by atoms with Crippen LogP contribution in [0.3, 0.4) is 0 Å². The van der Waals surface area contributed by atoms with Crippen LogP contribution in [0.15, 0.2) is 20.0 Å². The van der Waals surface area contributed by atoms with E-state index in [1.54, 1.807) is 6.92 Å². The van der Waals surface area contributed by atoms with E-state index < -0.39 is 34.2 Å². The summed E-state index contributed by atoms with van der Waals surface area (Å²) in [6.07, 6.45) is -4.41. The fourth-order valence-corrected chi connectivity index (χ4v) is 4.00. The van der Waals surface area contributed by atoms with Crippen LogP contribution in [0.1, 0.15) is 19.1 Å². The summed E-state index contributed by atoms with van der Waals surface area (Å²) in [7, 11) is -4.35. The van der Waals surface area contributed by atoms with Gasteiger partial charge in [0.25, 0.3) is 0 Å². The molecule has 1 N–H and O–H groups in total. The number of sulfonamides is 1. The number of aliphatic hydroxyl groups excluding tert-OH is 1. The van der Waals surface area contributed by atoms with Crippen LogP contribution in [0.5, 0.6) is 0 Å². The van der Waals surface area contributed by atoms with Gasteiger partial charge in [-0.2, -0.15) is 17.5 Å². The Labute approximate surface area is 122 Å². The molecule has 10 heteroatoms. The van der Waals surface area contributed by atoms with Crippen molar-refractivity contribution in [2.45, 2.75) is 31.0 Å². The van der Waals surface area contributed by atoms with E-state index in [-0.39, 0.29) is 23.4 Å². The van der Waals surface area contributed by atoms with Crippen LogP contribution in [0, 0.1) is 0 Å². The van der Waals surface area contributed by atoms with E-state index in [9.17, 15) is 21.6 Å². The fourth-order valence-electron chi connectivity index (χ4n) is 1.52. The van der Waals surface area contributed by atoms with Crippen molar-refractivity contribution in [3.05, 3.63) is 16.5 Å². The highest BCUT2D eigenvalue weighted by molar-refractivity contribution is 9.10. The standard InChI is InChI=1S/C10H13BrF3NO4S/c1-2-3-15(6-10(12,13)14)20(17,18)8-4-7(5-16)19-9(8)11/h4,16H,2-3,5-6H2,1H3. The van der Waals surface area contributed by atoms with Crippen molar-refractivity contribution >= 4 is 26.0 Å². The summed E-state index contributed by atoms with van der Waals surface area (Å²) in [5.41, 5.74) is 0. The average Bonchev–Trinajstić information content (AvgIpc) is 2.69. The fraction of sp³-hybridized carbons (Fsp3) is 0.600. The minimum Gasteiger partial charge on any atom is -0.450 e. The molecule has 1 rings (SSSR count). The highest BCUT2D eigenvalue weighted by Gasteiger charge is 2.38. The monoisotopic (exact) mass is 379 g/mol. The van der Waals surface area contributed by atoms with Crippen molar-refractivity contribution in [1.82, 2.24) is 4.31 Å². The van der Waals surface area contributed by atoms with Crippen molar-refractivity contribution in [3.63, 3.8) is 0 Å². The summed E-state index contributed by atoms with van der Waals surface area (Å²) in [4.78, 5) is -0.431. The molecule has 0 radical (unpaired) electrons. The number of hydrogen-bond donors (Lipinski definition) is 1. The minimum absolute atomic E-state index is 0.0566. The summed E-state index contributed by atoms with van der Waals surface area (Å²) < 4.78 is 66.8. The normalized spacial score (nSPS) is 13.2. The highest BCUT2D eigenvalue weighted by Crippen LogP contribution is 2.30. The molecule has 116 valence electrons. The van der Waals surface area contributed by atoms with E-state index in [2.05, 4.69) is 15.9 Å². The summed E-state index contributed by atoms with van der Waals surface area (Å²) in [6.45, 7) is -0.827. The largest absolute Gasteiger partial charge is 0.450 e. The van der Waals surface area contributed by atoms with E-state index in [0.717, 1.165) is 6.07 Å². The molecule has 0 atom stereocenters. The zero-order valence-corrected chi connectivity index (χ0v) is 12.8. The third-order valence-electron chi connectivity index (χ3n) is 2.31. The topological polar surface area (TPSA) is 70.8 Å². The zero-order chi connectivity index (χ0) is 15.6. The Morgan fingerprint density at radius 3 is 2.45 bits per heavy atom. The van der Waals surface area contributed by atoms with Gasteiger partial charge in [0.15, 0.2) is 4.67 Å². The van der Waals surface area contributed by atoms with Crippen LogP contribution < -0.4 is 0 Å². The molecule has 0 saturated heterocycles. The molecular weight excluding hydrogens is 367 g/mol. The summed E-state index contributed by atoms with van der Waals surface area (Å²) in [5, 5.41) is 8.87. The van der Waals surface area contributed by atoms with E-state index >= 15 is 0 Å². The Morgan fingerprint density at radius 1 is 1.45 bits per heavy atom. The molecule has 0 spiro atoms. The van der Waals surface area contributed by atoms with Crippen LogP contribution >= 0.6 is 15.9 Å². The molecule has 0 aliphatic rings. The maximum absolute atomic E-state index is 12.5. The van der Waals surface area contributed by atoms with Crippen LogP contribution in [0.25, 0.3) is 0 Å². The molecule has 0 unspecified atom stereocenters. The van der Waals surface area contributed by atoms with Gasteiger partial charge in [0, 0.05) is 12.6 Å².